The summed E-state index contributed by atoms with van der Waals surface area (Å²) in [4.78, 5) is 16.1. The summed E-state index contributed by atoms with van der Waals surface area (Å²) in [6.45, 7) is 5.75. The Hall–Kier alpha value is -1.81. The zero-order valence-corrected chi connectivity index (χ0v) is 13.6. The molecule has 1 aromatic carbocycles. The predicted molar refractivity (Wildman–Crippen MR) is 85.6 cm³/mol. The lowest BCUT2D eigenvalue weighted by Gasteiger charge is -2.19. The molecule has 1 amide bonds. The molecule has 114 valence electrons. The number of benzene rings is 1. The third-order valence-corrected chi connectivity index (χ3v) is 3.92. The molecule has 21 heavy (non-hydrogen) atoms. The zero-order valence-electron chi connectivity index (χ0n) is 13.6. The fourth-order valence-corrected chi connectivity index (χ4v) is 2.25. The molecule has 0 saturated heterocycles. The average molecular weight is 288 g/mol. The van der Waals surface area contributed by atoms with Gasteiger partial charge in [0.25, 0.3) is 0 Å². The molecule has 0 radical (unpaired) electrons. The van der Waals surface area contributed by atoms with Gasteiger partial charge in [0.2, 0.25) is 5.91 Å². The first kappa shape index (κ1) is 15.6. The number of carbonyl (C=O) groups excluding carboxylic acids is 1. The number of carbonyl (C=O) groups is 1. The SMILES string of the molecule is Cc1cc2occ(CC(=O)N(C)CCN(C)C)c2cc1C. The summed E-state index contributed by atoms with van der Waals surface area (Å²) in [7, 11) is 5.86. The summed E-state index contributed by atoms with van der Waals surface area (Å²) < 4.78 is 5.58. The second-order valence-corrected chi connectivity index (χ2v) is 5.99. The van der Waals surface area contributed by atoms with E-state index in [4.69, 9.17) is 4.42 Å². The van der Waals surface area contributed by atoms with Gasteiger partial charge in [0.15, 0.2) is 0 Å². The molecule has 0 aliphatic carbocycles. The molecular formula is C17H24N2O2. The van der Waals surface area contributed by atoms with Crippen molar-refractivity contribution < 1.29 is 9.21 Å². The Morgan fingerprint density at radius 2 is 1.76 bits per heavy atom. The van der Waals surface area contributed by atoms with Gasteiger partial charge in [-0.15, -0.1) is 0 Å². The fraction of sp³-hybridized carbons (Fsp3) is 0.471. The number of fused-ring (bicyclic) bond motifs is 1. The van der Waals surface area contributed by atoms with E-state index in [-0.39, 0.29) is 5.91 Å². The van der Waals surface area contributed by atoms with Crippen molar-refractivity contribution in [3.05, 3.63) is 35.1 Å². The standard InChI is InChI=1S/C17H24N2O2/c1-12-8-15-14(11-21-16(15)9-13(12)2)10-17(20)19(5)7-6-18(3)4/h8-9,11H,6-7,10H2,1-5H3. The van der Waals surface area contributed by atoms with Gasteiger partial charge in [0.05, 0.1) is 12.7 Å². The molecule has 0 N–H and O–H groups in total. The highest BCUT2D eigenvalue weighted by molar-refractivity contribution is 5.88. The van der Waals surface area contributed by atoms with Crippen molar-refractivity contribution in [3.63, 3.8) is 0 Å². The number of rotatable bonds is 5. The lowest BCUT2D eigenvalue weighted by Crippen LogP contribution is -2.34. The van der Waals surface area contributed by atoms with Gasteiger partial charge in [-0.2, -0.15) is 0 Å². The van der Waals surface area contributed by atoms with Crippen LogP contribution >= 0.6 is 0 Å². The van der Waals surface area contributed by atoms with Crippen LogP contribution in [0.4, 0.5) is 0 Å². The van der Waals surface area contributed by atoms with E-state index in [2.05, 4.69) is 24.8 Å². The molecule has 0 unspecified atom stereocenters. The Morgan fingerprint density at radius 1 is 1.10 bits per heavy atom. The average Bonchev–Trinajstić information content (AvgIpc) is 2.79. The minimum absolute atomic E-state index is 0.123. The quantitative estimate of drug-likeness (QED) is 0.848. The second-order valence-electron chi connectivity index (χ2n) is 5.99. The Kier molecular flexibility index (Phi) is 4.68. The van der Waals surface area contributed by atoms with Gasteiger partial charge in [-0.05, 0) is 51.2 Å². The number of aryl methyl sites for hydroxylation is 2. The third kappa shape index (κ3) is 3.64. The highest BCUT2D eigenvalue weighted by Gasteiger charge is 2.14. The van der Waals surface area contributed by atoms with Crippen molar-refractivity contribution in [2.24, 2.45) is 0 Å². The molecule has 0 spiro atoms. The minimum atomic E-state index is 0.123. The molecule has 0 aliphatic rings. The van der Waals surface area contributed by atoms with Gasteiger partial charge in [-0.1, -0.05) is 0 Å². The van der Waals surface area contributed by atoms with Gasteiger partial charge in [-0.25, -0.2) is 0 Å². The highest BCUT2D eigenvalue weighted by Crippen LogP contribution is 2.25. The summed E-state index contributed by atoms with van der Waals surface area (Å²) in [5, 5.41) is 1.05. The number of furan rings is 1. The van der Waals surface area contributed by atoms with Crippen molar-refractivity contribution in [1.29, 1.82) is 0 Å². The molecule has 1 heterocycles. The van der Waals surface area contributed by atoms with E-state index < -0.39 is 0 Å². The molecule has 0 aliphatic heterocycles. The van der Waals surface area contributed by atoms with Crippen molar-refractivity contribution in [3.8, 4) is 0 Å². The topological polar surface area (TPSA) is 36.7 Å². The lowest BCUT2D eigenvalue weighted by atomic mass is 10.0. The van der Waals surface area contributed by atoms with Gasteiger partial charge >= 0.3 is 0 Å². The third-order valence-electron chi connectivity index (χ3n) is 3.92. The largest absolute Gasteiger partial charge is 0.464 e. The molecule has 4 nitrogen and oxygen atoms in total. The Morgan fingerprint density at radius 3 is 2.43 bits per heavy atom. The van der Waals surface area contributed by atoms with E-state index in [1.54, 1.807) is 11.2 Å². The van der Waals surface area contributed by atoms with Crippen LogP contribution in [0.2, 0.25) is 0 Å². The van der Waals surface area contributed by atoms with Crippen LogP contribution in [-0.2, 0) is 11.2 Å². The zero-order chi connectivity index (χ0) is 15.6. The monoisotopic (exact) mass is 288 g/mol. The molecule has 2 rings (SSSR count). The normalized spacial score (nSPS) is 11.3. The van der Waals surface area contributed by atoms with Crippen LogP contribution < -0.4 is 0 Å². The molecule has 1 aromatic heterocycles. The minimum Gasteiger partial charge on any atom is -0.464 e. The first-order chi connectivity index (χ1) is 9.88. The summed E-state index contributed by atoms with van der Waals surface area (Å²) >= 11 is 0. The maximum Gasteiger partial charge on any atom is 0.226 e. The number of amides is 1. The van der Waals surface area contributed by atoms with Crippen molar-refractivity contribution in [2.45, 2.75) is 20.3 Å². The van der Waals surface area contributed by atoms with E-state index in [1.165, 1.54) is 11.1 Å². The first-order valence-corrected chi connectivity index (χ1v) is 7.24. The smallest absolute Gasteiger partial charge is 0.226 e. The second kappa shape index (κ2) is 6.31. The summed E-state index contributed by atoms with van der Waals surface area (Å²) in [6, 6.07) is 4.14. The highest BCUT2D eigenvalue weighted by atomic mass is 16.3. The van der Waals surface area contributed by atoms with Crippen LogP contribution in [0, 0.1) is 13.8 Å². The van der Waals surface area contributed by atoms with Gasteiger partial charge < -0.3 is 14.2 Å². The predicted octanol–water partition coefficient (Wildman–Crippen LogP) is 2.61. The van der Waals surface area contributed by atoms with Gasteiger partial charge in [-0.3, -0.25) is 4.79 Å². The number of nitrogens with zero attached hydrogens (tertiary/aromatic N) is 2. The van der Waals surface area contributed by atoms with Crippen molar-refractivity contribution >= 4 is 16.9 Å². The van der Waals surface area contributed by atoms with Gasteiger partial charge in [0.1, 0.15) is 5.58 Å². The fourth-order valence-electron chi connectivity index (χ4n) is 2.25. The molecular weight excluding hydrogens is 264 g/mol. The Labute approximate surface area is 126 Å². The maximum atomic E-state index is 12.3. The molecule has 0 saturated carbocycles. The van der Waals surface area contributed by atoms with Gasteiger partial charge in [0, 0.05) is 31.1 Å². The van der Waals surface area contributed by atoms with Crippen molar-refractivity contribution in [2.75, 3.05) is 34.2 Å². The van der Waals surface area contributed by atoms with E-state index in [9.17, 15) is 4.79 Å². The Bertz CT molecular complexity index is 644. The summed E-state index contributed by atoms with van der Waals surface area (Å²) in [5.74, 6) is 0.123. The number of likely N-dealkylation sites (N-methyl/N-ethyl adjacent to an activating group) is 2. The van der Waals surface area contributed by atoms with Crippen LogP contribution in [0.1, 0.15) is 16.7 Å². The van der Waals surface area contributed by atoms with Crippen LogP contribution in [0.25, 0.3) is 11.0 Å². The van der Waals surface area contributed by atoms with Crippen LogP contribution in [0.3, 0.4) is 0 Å². The maximum absolute atomic E-state index is 12.3. The first-order valence-electron chi connectivity index (χ1n) is 7.24. The summed E-state index contributed by atoms with van der Waals surface area (Å²) in [6.07, 6.45) is 2.10. The van der Waals surface area contributed by atoms with E-state index >= 15 is 0 Å². The lowest BCUT2D eigenvalue weighted by molar-refractivity contribution is -0.129. The molecule has 4 heteroatoms. The molecule has 2 aromatic rings. The van der Waals surface area contributed by atoms with E-state index in [1.807, 2.05) is 27.2 Å². The number of hydrogen-bond acceptors (Lipinski definition) is 3. The van der Waals surface area contributed by atoms with Crippen molar-refractivity contribution in [1.82, 2.24) is 9.80 Å². The molecule has 0 fully saturated rings. The number of hydrogen-bond donors (Lipinski definition) is 0. The van der Waals surface area contributed by atoms with Crippen LogP contribution in [0.5, 0.6) is 0 Å². The molecule has 0 bridgehead atoms. The van der Waals surface area contributed by atoms with E-state index in [0.717, 1.165) is 29.6 Å². The summed E-state index contributed by atoms with van der Waals surface area (Å²) in [5.41, 5.74) is 4.25. The van der Waals surface area contributed by atoms with Crippen LogP contribution in [-0.4, -0.2) is 49.9 Å². The molecule has 0 atom stereocenters. The Balaban J connectivity index is 2.12. The van der Waals surface area contributed by atoms with Crippen LogP contribution in [0.15, 0.2) is 22.8 Å². The van der Waals surface area contributed by atoms with E-state index in [0.29, 0.717) is 6.42 Å².